The largest absolute Gasteiger partial charge is 0.484 e. The lowest BCUT2D eigenvalue weighted by atomic mass is 10.1. The molecule has 0 saturated heterocycles. The standard InChI is InChI=1S/C15H20N2O3/c1-12(10-18)3-2-8-17-15(19)11-20-14-6-4-13(9-16)5-7-14/h4-7,12,18H,2-3,8,10-11H2,1H3,(H,17,19). The van der Waals surface area contributed by atoms with E-state index >= 15 is 0 Å². The van der Waals surface area contributed by atoms with E-state index in [9.17, 15) is 4.79 Å². The van der Waals surface area contributed by atoms with Gasteiger partial charge in [-0.2, -0.15) is 5.26 Å². The third kappa shape index (κ3) is 6.21. The van der Waals surface area contributed by atoms with Crippen molar-refractivity contribution in [3.05, 3.63) is 29.8 Å². The molecule has 5 heteroatoms. The van der Waals surface area contributed by atoms with Crippen LogP contribution in [-0.4, -0.2) is 30.8 Å². The zero-order valence-electron chi connectivity index (χ0n) is 11.6. The van der Waals surface area contributed by atoms with Gasteiger partial charge in [-0.25, -0.2) is 0 Å². The first-order chi connectivity index (χ1) is 9.65. The van der Waals surface area contributed by atoms with Gasteiger partial charge >= 0.3 is 0 Å². The zero-order chi connectivity index (χ0) is 14.8. The summed E-state index contributed by atoms with van der Waals surface area (Å²) in [5, 5.41) is 20.3. The predicted molar refractivity (Wildman–Crippen MR) is 75.1 cm³/mol. The Hall–Kier alpha value is -2.06. The van der Waals surface area contributed by atoms with Gasteiger partial charge in [-0.1, -0.05) is 6.92 Å². The van der Waals surface area contributed by atoms with Crippen molar-refractivity contribution >= 4 is 5.91 Å². The van der Waals surface area contributed by atoms with Gasteiger partial charge in [0.2, 0.25) is 0 Å². The van der Waals surface area contributed by atoms with Crippen LogP contribution in [0.3, 0.4) is 0 Å². The first-order valence-electron chi connectivity index (χ1n) is 6.66. The lowest BCUT2D eigenvalue weighted by Crippen LogP contribution is -2.29. The SMILES string of the molecule is CC(CO)CCCNC(=O)COc1ccc(C#N)cc1. The van der Waals surface area contributed by atoms with Crippen molar-refractivity contribution in [3.8, 4) is 11.8 Å². The molecule has 0 radical (unpaired) electrons. The minimum Gasteiger partial charge on any atom is -0.484 e. The van der Waals surface area contributed by atoms with Crippen LogP contribution in [-0.2, 0) is 4.79 Å². The molecule has 0 aliphatic carbocycles. The van der Waals surface area contributed by atoms with Gasteiger partial charge in [-0.15, -0.1) is 0 Å². The summed E-state index contributed by atoms with van der Waals surface area (Å²) in [4.78, 5) is 11.5. The number of nitrogens with one attached hydrogen (secondary N) is 1. The fraction of sp³-hybridized carbons (Fsp3) is 0.467. The van der Waals surface area contributed by atoms with Gasteiger partial charge in [0.15, 0.2) is 6.61 Å². The minimum atomic E-state index is -0.175. The molecule has 2 N–H and O–H groups in total. The zero-order valence-corrected chi connectivity index (χ0v) is 11.6. The summed E-state index contributed by atoms with van der Waals surface area (Å²) in [7, 11) is 0. The molecule has 5 nitrogen and oxygen atoms in total. The number of ether oxygens (including phenoxy) is 1. The molecule has 20 heavy (non-hydrogen) atoms. The molecule has 108 valence electrons. The van der Waals surface area contributed by atoms with Crippen LogP contribution in [0.15, 0.2) is 24.3 Å². The first-order valence-corrected chi connectivity index (χ1v) is 6.66. The molecular weight excluding hydrogens is 256 g/mol. The number of nitrogens with zero attached hydrogens (tertiary/aromatic N) is 1. The number of aliphatic hydroxyl groups excluding tert-OH is 1. The third-order valence-electron chi connectivity index (χ3n) is 2.86. The van der Waals surface area contributed by atoms with Crippen molar-refractivity contribution in [2.75, 3.05) is 19.8 Å². The van der Waals surface area contributed by atoms with Crippen LogP contribution in [0.4, 0.5) is 0 Å². The van der Waals surface area contributed by atoms with Gasteiger partial charge < -0.3 is 15.2 Å². The van der Waals surface area contributed by atoms with Gasteiger partial charge in [0.25, 0.3) is 5.91 Å². The Morgan fingerprint density at radius 1 is 1.45 bits per heavy atom. The summed E-state index contributed by atoms with van der Waals surface area (Å²) in [6.07, 6.45) is 1.72. The summed E-state index contributed by atoms with van der Waals surface area (Å²) in [5.74, 6) is 0.654. The van der Waals surface area contributed by atoms with Gasteiger partial charge in [0, 0.05) is 13.2 Å². The van der Waals surface area contributed by atoms with E-state index in [1.807, 2.05) is 13.0 Å². The number of nitriles is 1. The molecule has 0 fully saturated rings. The molecule has 0 bridgehead atoms. The van der Waals surface area contributed by atoms with Crippen molar-refractivity contribution < 1.29 is 14.6 Å². The number of aliphatic hydroxyl groups is 1. The topological polar surface area (TPSA) is 82.3 Å². The van der Waals surface area contributed by atoms with E-state index in [-0.39, 0.29) is 25.0 Å². The highest BCUT2D eigenvalue weighted by Crippen LogP contribution is 2.11. The summed E-state index contributed by atoms with van der Waals surface area (Å²) in [6.45, 7) is 2.69. The molecule has 0 saturated carbocycles. The first kappa shape index (κ1) is 16.0. The van der Waals surface area contributed by atoms with Crippen LogP contribution in [0.1, 0.15) is 25.3 Å². The Labute approximate surface area is 119 Å². The molecule has 1 rings (SSSR count). The Morgan fingerprint density at radius 2 is 2.15 bits per heavy atom. The van der Waals surface area contributed by atoms with E-state index in [0.29, 0.717) is 17.9 Å². The number of carbonyl (C=O) groups excluding carboxylic acids is 1. The fourth-order valence-electron chi connectivity index (χ4n) is 1.60. The molecule has 1 unspecified atom stereocenters. The molecule has 0 aromatic heterocycles. The molecule has 0 aliphatic rings. The van der Waals surface area contributed by atoms with Crippen molar-refractivity contribution in [1.82, 2.24) is 5.32 Å². The van der Waals surface area contributed by atoms with Crippen molar-refractivity contribution in [2.24, 2.45) is 5.92 Å². The van der Waals surface area contributed by atoms with Crippen LogP contribution in [0, 0.1) is 17.2 Å². The summed E-state index contributed by atoms with van der Waals surface area (Å²) >= 11 is 0. The number of benzene rings is 1. The van der Waals surface area contributed by atoms with Gasteiger partial charge in [0.05, 0.1) is 11.6 Å². The van der Waals surface area contributed by atoms with E-state index in [2.05, 4.69) is 5.32 Å². The lowest BCUT2D eigenvalue weighted by molar-refractivity contribution is -0.123. The lowest BCUT2D eigenvalue weighted by Gasteiger charge is -2.09. The monoisotopic (exact) mass is 276 g/mol. The third-order valence-corrected chi connectivity index (χ3v) is 2.86. The summed E-state index contributed by atoms with van der Waals surface area (Å²) < 4.78 is 5.31. The molecular formula is C15H20N2O3. The average Bonchev–Trinajstić information content (AvgIpc) is 2.49. The number of amides is 1. The van der Waals surface area contributed by atoms with Gasteiger partial charge in [-0.3, -0.25) is 4.79 Å². The highest BCUT2D eigenvalue weighted by molar-refractivity contribution is 5.77. The highest BCUT2D eigenvalue weighted by Gasteiger charge is 2.04. The molecule has 0 aliphatic heterocycles. The maximum Gasteiger partial charge on any atom is 0.257 e. The molecule has 1 aromatic carbocycles. The average molecular weight is 276 g/mol. The number of rotatable bonds is 8. The van der Waals surface area contributed by atoms with Crippen molar-refractivity contribution in [1.29, 1.82) is 5.26 Å². The number of hydrogen-bond donors (Lipinski definition) is 2. The van der Waals surface area contributed by atoms with E-state index in [1.165, 1.54) is 0 Å². The van der Waals surface area contributed by atoms with Gasteiger partial charge in [0.1, 0.15) is 5.75 Å². The van der Waals surface area contributed by atoms with Crippen LogP contribution >= 0.6 is 0 Å². The predicted octanol–water partition coefficient (Wildman–Crippen LogP) is 1.46. The summed E-state index contributed by atoms with van der Waals surface area (Å²) in [5.41, 5.74) is 0.555. The Kier molecular flexibility index (Phi) is 7.15. The molecule has 1 atom stereocenters. The van der Waals surface area contributed by atoms with Crippen LogP contribution in [0.5, 0.6) is 5.75 Å². The second-order valence-electron chi connectivity index (χ2n) is 4.70. The normalized spacial score (nSPS) is 11.4. The highest BCUT2D eigenvalue weighted by atomic mass is 16.5. The Balaban J connectivity index is 2.18. The van der Waals surface area contributed by atoms with Crippen molar-refractivity contribution in [3.63, 3.8) is 0 Å². The van der Waals surface area contributed by atoms with E-state index in [1.54, 1.807) is 24.3 Å². The maximum atomic E-state index is 11.5. The number of hydrogen-bond acceptors (Lipinski definition) is 4. The second-order valence-corrected chi connectivity index (χ2v) is 4.70. The van der Waals surface area contributed by atoms with Crippen LogP contribution < -0.4 is 10.1 Å². The molecule has 0 spiro atoms. The molecule has 1 aromatic rings. The van der Waals surface area contributed by atoms with E-state index in [4.69, 9.17) is 15.1 Å². The Morgan fingerprint density at radius 3 is 2.75 bits per heavy atom. The van der Waals surface area contributed by atoms with Crippen LogP contribution in [0.2, 0.25) is 0 Å². The van der Waals surface area contributed by atoms with Crippen LogP contribution in [0.25, 0.3) is 0 Å². The molecule has 1 amide bonds. The fourth-order valence-corrected chi connectivity index (χ4v) is 1.60. The summed E-state index contributed by atoms with van der Waals surface area (Å²) in [6, 6.07) is 8.62. The van der Waals surface area contributed by atoms with E-state index < -0.39 is 0 Å². The second kappa shape index (κ2) is 8.94. The smallest absolute Gasteiger partial charge is 0.257 e. The molecule has 0 heterocycles. The quantitative estimate of drug-likeness (QED) is 0.704. The minimum absolute atomic E-state index is 0.0402. The number of carbonyl (C=O) groups is 1. The Bertz CT molecular complexity index is 451. The van der Waals surface area contributed by atoms with Gasteiger partial charge in [-0.05, 0) is 43.0 Å². The maximum absolute atomic E-state index is 11.5. The van der Waals surface area contributed by atoms with E-state index in [0.717, 1.165) is 12.8 Å². The van der Waals surface area contributed by atoms with Crippen molar-refractivity contribution in [2.45, 2.75) is 19.8 Å².